The van der Waals surface area contributed by atoms with E-state index in [-0.39, 0.29) is 11.8 Å². The normalized spacial score (nSPS) is 15.1. The van der Waals surface area contributed by atoms with Crippen LogP contribution in [0.4, 0.5) is 0 Å². The molecule has 0 saturated carbocycles. The molecule has 0 aromatic heterocycles. The van der Waals surface area contributed by atoms with E-state index in [0.717, 1.165) is 0 Å². The van der Waals surface area contributed by atoms with Gasteiger partial charge in [0.1, 0.15) is 0 Å². The average Bonchev–Trinajstić information content (AvgIpc) is 1.86. The largest absolute Gasteiger partial charge is 0.215 e. The van der Waals surface area contributed by atoms with Gasteiger partial charge in [0, 0.05) is 6.54 Å². The fourth-order valence-corrected chi connectivity index (χ4v) is 1.51. The average molecular weight is 164 g/mol. The van der Waals surface area contributed by atoms with Crippen LogP contribution < -0.4 is 4.72 Å². The van der Waals surface area contributed by atoms with Crippen LogP contribution in [-0.4, -0.2) is 20.2 Å². The van der Waals surface area contributed by atoms with E-state index in [9.17, 15) is 8.42 Å². The van der Waals surface area contributed by atoms with Crippen LogP contribution in [0.15, 0.2) is 0 Å². The first-order valence-corrected chi connectivity index (χ1v) is 4.87. The second-order valence-electron chi connectivity index (χ2n) is 2.16. The van der Waals surface area contributed by atoms with Gasteiger partial charge in [-0.2, -0.15) is 0 Å². The van der Waals surface area contributed by atoms with Crippen molar-refractivity contribution in [1.29, 1.82) is 0 Å². The zero-order chi connectivity index (χ0) is 8.20. The van der Waals surface area contributed by atoms with E-state index in [4.69, 9.17) is 0 Å². The van der Waals surface area contributed by atoms with Crippen molar-refractivity contribution in [3.05, 3.63) is 6.92 Å². The van der Waals surface area contributed by atoms with Crippen LogP contribution >= 0.6 is 0 Å². The molecule has 1 N–H and O–H groups in total. The maximum Gasteiger partial charge on any atom is 0.214 e. The highest BCUT2D eigenvalue weighted by molar-refractivity contribution is 7.90. The third-order valence-electron chi connectivity index (χ3n) is 1.41. The summed E-state index contributed by atoms with van der Waals surface area (Å²) in [4.78, 5) is 0. The number of nitrogens with one attached hydrogen (secondary N) is 1. The number of sulfonamides is 1. The van der Waals surface area contributed by atoms with E-state index < -0.39 is 10.0 Å². The van der Waals surface area contributed by atoms with Crippen LogP contribution in [0.25, 0.3) is 0 Å². The lowest BCUT2D eigenvalue weighted by Crippen LogP contribution is -2.31. The van der Waals surface area contributed by atoms with Gasteiger partial charge in [-0.25, -0.2) is 13.1 Å². The summed E-state index contributed by atoms with van der Waals surface area (Å²) < 4.78 is 24.4. The Morgan fingerprint density at radius 3 is 2.40 bits per heavy atom. The molecule has 0 bridgehead atoms. The third kappa shape index (κ3) is 2.66. The first kappa shape index (κ1) is 9.91. The minimum absolute atomic E-state index is 0.229. The maximum absolute atomic E-state index is 11.0. The van der Waals surface area contributed by atoms with Crippen molar-refractivity contribution in [2.75, 3.05) is 6.54 Å². The van der Waals surface area contributed by atoms with E-state index >= 15 is 0 Å². The Balaban J connectivity index is 4.12. The standard InChI is InChI=1S/C6H14NO2S/c1-4-6(3)10(8,9)7-5-2/h6-7H,2,4-5H2,1,3H3. The lowest BCUT2D eigenvalue weighted by Gasteiger charge is -2.09. The predicted octanol–water partition coefficient (Wildman–Crippen LogP) is 0.538. The fourth-order valence-electron chi connectivity index (χ4n) is 0.504. The first-order chi connectivity index (χ1) is 4.54. The Hall–Kier alpha value is -0.0900. The molecule has 0 heterocycles. The Morgan fingerprint density at radius 2 is 2.10 bits per heavy atom. The molecular weight excluding hydrogens is 150 g/mol. The van der Waals surface area contributed by atoms with Gasteiger partial charge in [-0.15, -0.1) is 0 Å². The summed E-state index contributed by atoms with van der Waals surface area (Å²) in [7, 11) is -3.07. The van der Waals surface area contributed by atoms with Crippen molar-refractivity contribution in [3.63, 3.8) is 0 Å². The molecule has 0 amide bonds. The van der Waals surface area contributed by atoms with Crippen molar-refractivity contribution in [2.24, 2.45) is 0 Å². The quantitative estimate of drug-likeness (QED) is 0.659. The van der Waals surface area contributed by atoms with E-state index in [1.54, 1.807) is 6.92 Å². The molecule has 4 heteroatoms. The van der Waals surface area contributed by atoms with Gasteiger partial charge in [-0.05, 0) is 20.3 Å². The smallest absolute Gasteiger partial charge is 0.214 e. The number of hydrogen-bond donors (Lipinski definition) is 1. The van der Waals surface area contributed by atoms with Gasteiger partial charge < -0.3 is 0 Å². The molecule has 1 radical (unpaired) electrons. The lowest BCUT2D eigenvalue weighted by molar-refractivity contribution is 0.570. The molecule has 0 aromatic rings. The maximum atomic E-state index is 11.0. The highest BCUT2D eigenvalue weighted by Crippen LogP contribution is 2.00. The molecule has 0 saturated heterocycles. The molecule has 0 rings (SSSR count). The Kier molecular flexibility index (Phi) is 3.89. The van der Waals surface area contributed by atoms with Gasteiger partial charge in [-0.1, -0.05) is 6.92 Å². The van der Waals surface area contributed by atoms with Crippen LogP contribution in [0.3, 0.4) is 0 Å². The van der Waals surface area contributed by atoms with Crippen molar-refractivity contribution in [2.45, 2.75) is 25.5 Å². The zero-order valence-electron chi connectivity index (χ0n) is 6.42. The fraction of sp³-hybridized carbons (Fsp3) is 0.833. The van der Waals surface area contributed by atoms with Crippen molar-refractivity contribution < 1.29 is 8.42 Å². The lowest BCUT2D eigenvalue weighted by atomic mass is 10.4. The van der Waals surface area contributed by atoms with E-state index in [1.165, 1.54) is 0 Å². The van der Waals surface area contributed by atoms with E-state index in [2.05, 4.69) is 11.6 Å². The van der Waals surface area contributed by atoms with Crippen LogP contribution in [0.2, 0.25) is 0 Å². The monoisotopic (exact) mass is 164 g/mol. The summed E-state index contributed by atoms with van der Waals surface area (Å²) >= 11 is 0. The van der Waals surface area contributed by atoms with Gasteiger partial charge in [-0.3, -0.25) is 0 Å². The SMILES string of the molecule is [CH2]CNS(=O)(=O)C(C)CC. The molecule has 0 aliphatic carbocycles. The molecule has 0 aliphatic heterocycles. The predicted molar refractivity (Wildman–Crippen MR) is 42.0 cm³/mol. The third-order valence-corrected chi connectivity index (χ3v) is 3.41. The molecule has 1 atom stereocenters. The summed E-state index contributed by atoms with van der Waals surface area (Å²) in [6.07, 6.45) is 0.634. The van der Waals surface area contributed by atoms with Crippen molar-refractivity contribution in [1.82, 2.24) is 4.72 Å². The molecule has 0 spiro atoms. The summed E-state index contributed by atoms with van der Waals surface area (Å²) in [5, 5.41) is -0.311. The molecule has 0 aliphatic rings. The molecule has 0 fully saturated rings. The molecule has 0 aromatic carbocycles. The van der Waals surface area contributed by atoms with Crippen LogP contribution in [0, 0.1) is 6.92 Å². The Morgan fingerprint density at radius 1 is 1.60 bits per heavy atom. The van der Waals surface area contributed by atoms with Gasteiger partial charge in [0.05, 0.1) is 5.25 Å². The summed E-state index contributed by atoms with van der Waals surface area (Å²) in [5.74, 6) is 0. The molecule has 10 heavy (non-hydrogen) atoms. The summed E-state index contributed by atoms with van der Waals surface area (Å²) in [6.45, 7) is 7.14. The van der Waals surface area contributed by atoms with Gasteiger partial charge >= 0.3 is 0 Å². The summed E-state index contributed by atoms with van der Waals surface area (Å²) in [6, 6.07) is 0. The summed E-state index contributed by atoms with van der Waals surface area (Å²) in [5.41, 5.74) is 0. The number of hydrogen-bond acceptors (Lipinski definition) is 2. The Labute approximate surface area is 62.9 Å². The van der Waals surface area contributed by atoms with Crippen molar-refractivity contribution in [3.8, 4) is 0 Å². The van der Waals surface area contributed by atoms with Crippen LogP contribution in [-0.2, 0) is 10.0 Å². The van der Waals surface area contributed by atoms with Crippen molar-refractivity contribution >= 4 is 10.0 Å². The van der Waals surface area contributed by atoms with E-state index in [1.807, 2.05) is 6.92 Å². The van der Waals surface area contributed by atoms with Crippen LogP contribution in [0.5, 0.6) is 0 Å². The minimum Gasteiger partial charge on any atom is -0.215 e. The van der Waals surface area contributed by atoms with E-state index in [0.29, 0.717) is 6.42 Å². The van der Waals surface area contributed by atoms with Gasteiger partial charge in [0.15, 0.2) is 0 Å². The molecular formula is C6H14NO2S. The van der Waals surface area contributed by atoms with Gasteiger partial charge in [0.2, 0.25) is 10.0 Å². The second-order valence-corrected chi connectivity index (χ2v) is 4.34. The molecule has 1 unspecified atom stereocenters. The second kappa shape index (κ2) is 3.93. The zero-order valence-corrected chi connectivity index (χ0v) is 7.24. The van der Waals surface area contributed by atoms with Crippen LogP contribution in [0.1, 0.15) is 20.3 Å². The molecule has 3 nitrogen and oxygen atoms in total. The van der Waals surface area contributed by atoms with Gasteiger partial charge in [0.25, 0.3) is 0 Å². The number of rotatable bonds is 4. The highest BCUT2D eigenvalue weighted by Gasteiger charge is 2.16. The molecule has 61 valence electrons. The highest BCUT2D eigenvalue weighted by atomic mass is 32.2. The topological polar surface area (TPSA) is 46.2 Å². The Bertz CT molecular complexity index is 174. The first-order valence-electron chi connectivity index (χ1n) is 3.32. The minimum atomic E-state index is -3.07.